The summed E-state index contributed by atoms with van der Waals surface area (Å²) >= 11 is 0. The molecule has 114 valence electrons. The number of benzene rings is 1. The van der Waals surface area contributed by atoms with Crippen molar-refractivity contribution in [1.29, 1.82) is 0 Å². The predicted molar refractivity (Wildman–Crippen MR) is 71.6 cm³/mol. The van der Waals surface area contributed by atoms with Crippen molar-refractivity contribution >= 4 is 23.7 Å². The van der Waals surface area contributed by atoms with Crippen LogP contribution in [0.15, 0.2) is 24.3 Å². The number of carbonyl (C=O) groups is 3. The van der Waals surface area contributed by atoms with Crippen molar-refractivity contribution in [3.05, 3.63) is 30.1 Å². The second-order valence-electron chi connectivity index (χ2n) is 4.16. The Morgan fingerprint density at radius 1 is 1.24 bits per heavy atom. The smallest absolute Gasteiger partial charge is 0.326 e. The molecule has 0 aromatic heterocycles. The Hall–Kier alpha value is -2.64. The molecule has 0 aliphatic heterocycles. The maximum atomic E-state index is 12.9. The molecule has 0 aliphatic rings. The molecule has 1 aromatic carbocycles. The molecule has 0 fully saturated rings. The third-order valence-corrected chi connectivity index (χ3v) is 2.67. The maximum Gasteiger partial charge on any atom is 0.326 e. The molecular weight excluding hydrogens is 283 g/mol. The van der Waals surface area contributed by atoms with Crippen LogP contribution in [0.3, 0.4) is 0 Å². The molecule has 0 heterocycles. The van der Waals surface area contributed by atoms with Crippen molar-refractivity contribution in [1.82, 2.24) is 5.32 Å². The van der Waals surface area contributed by atoms with Gasteiger partial charge in [0.05, 0.1) is 6.42 Å². The second kappa shape index (κ2) is 7.22. The first-order chi connectivity index (χ1) is 9.85. The zero-order valence-corrected chi connectivity index (χ0v) is 11.2. The number of halogens is 1. The number of rotatable bonds is 6. The number of carboxylic acids is 2. The fraction of sp³-hybridized carbons (Fsp3) is 0.308. The number of urea groups is 1. The van der Waals surface area contributed by atoms with Gasteiger partial charge in [0, 0.05) is 12.2 Å². The van der Waals surface area contributed by atoms with E-state index in [4.69, 9.17) is 10.2 Å². The first kappa shape index (κ1) is 16.4. The Bertz CT molecular complexity index is 532. The van der Waals surface area contributed by atoms with Gasteiger partial charge in [0.25, 0.3) is 0 Å². The average molecular weight is 298 g/mol. The lowest BCUT2D eigenvalue weighted by Crippen LogP contribution is -2.49. The van der Waals surface area contributed by atoms with Crippen molar-refractivity contribution in [3.63, 3.8) is 0 Å². The minimum Gasteiger partial charge on any atom is -0.481 e. The maximum absolute atomic E-state index is 12.9. The SMILES string of the molecule is CCN(C(=O)N[C@H](CC(=O)O)C(=O)O)c1ccc(F)cc1. The highest BCUT2D eigenvalue weighted by Gasteiger charge is 2.25. The van der Waals surface area contributed by atoms with Crippen LogP contribution >= 0.6 is 0 Å². The summed E-state index contributed by atoms with van der Waals surface area (Å²) in [6, 6.07) is 2.76. The molecule has 0 saturated carbocycles. The number of carbonyl (C=O) groups excluding carboxylic acids is 1. The van der Waals surface area contributed by atoms with Crippen LogP contribution in [0.1, 0.15) is 13.3 Å². The van der Waals surface area contributed by atoms with Crippen LogP contribution < -0.4 is 10.2 Å². The highest BCUT2D eigenvalue weighted by atomic mass is 19.1. The standard InChI is InChI=1S/C13H15FN2O5/c1-2-16(9-5-3-8(14)4-6-9)13(21)15-10(12(19)20)7-11(17)18/h3-6,10H,2,7H2,1H3,(H,15,21)(H,17,18)(H,19,20)/t10-/m1/s1. The predicted octanol–water partition coefficient (Wildman–Crippen LogP) is 1.29. The van der Waals surface area contributed by atoms with E-state index < -0.39 is 36.2 Å². The molecule has 0 saturated heterocycles. The minimum atomic E-state index is -1.54. The van der Waals surface area contributed by atoms with Crippen LogP contribution in [0, 0.1) is 5.82 Å². The van der Waals surface area contributed by atoms with Crippen LogP contribution in [0.5, 0.6) is 0 Å². The summed E-state index contributed by atoms with van der Waals surface area (Å²) in [5.41, 5.74) is 0.371. The van der Waals surface area contributed by atoms with E-state index in [0.29, 0.717) is 5.69 Å². The van der Waals surface area contributed by atoms with Crippen molar-refractivity contribution in [2.45, 2.75) is 19.4 Å². The van der Waals surface area contributed by atoms with Crippen LogP contribution in [-0.2, 0) is 9.59 Å². The zero-order valence-electron chi connectivity index (χ0n) is 11.2. The van der Waals surface area contributed by atoms with Crippen LogP contribution in [0.2, 0.25) is 0 Å². The van der Waals surface area contributed by atoms with Crippen molar-refractivity contribution in [2.24, 2.45) is 0 Å². The lowest BCUT2D eigenvalue weighted by molar-refractivity contribution is -0.145. The van der Waals surface area contributed by atoms with Crippen molar-refractivity contribution in [2.75, 3.05) is 11.4 Å². The van der Waals surface area contributed by atoms with Gasteiger partial charge in [-0.15, -0.1) is 0 Å². The second-order valence-corrected chi connectivity index (χ2v) is 4.16. The van der Waals surface area contributed by atoms with Gasteiger partial charge in [-0.1, -0.05) is 0 Å². The normalized spacial score (nSPS) is 11.5. The Morgan fingerprint density at radius 3 is 2.24 bits per heavy atom. The van der Waals surface area contributed by atoms with E-state index in [1.54, 1.807) is 6.92 Å². The van der Waals surface area contributed by atoms with Gasteiger partial charge in [-0.05, 0) is 31.2 Å². The summed E-state index contributed by atoms with van der Waals surface area (Å²) in [5, 5.41) is 19.6. The van der Waals surface area contributed by atoms with Crippen molar-refractivity contribution < 1.29 is 29.0 Å². The van der Waals surface area contributed by atoms with Crippen LogP contribution in [0.25, 0.3) is 0 Å². The lowest BCUT2D eigenvalue weighted by atomic mass is 10.2. The number of hydrogen-bond donors (Lipinski definition) is 3. The van der Waals surface area contributed by atoms with Gasteiger partial charge in [-0.2, -0.15) is 0 Å². The van der Waals surface area contributed by atoms with Gasteiger partial charge >= 0.3 is 18.0 Å². The number of anilines is 1. The monoisotopic (exact) mass is 298 g/mol. The molecule has 1 rings (SSSR count). The minimum absolute atomic E-state index is 0.205. The zero-order chi connectivity index (χ0) is 16.0. The van der Waals surface area contributed by atoms with E-state index in [0.717, 1.165) is 12.1 Å². The summed E-state index contributed by atoms with van der Waals surface area (Å²) in [5.74, 6) is -3.25. The van der Waals surface area contributed by atoms with E-state index in [1.165, 1.54) is 17.0 Å². The summed E-state index contributed by atoms with van der Waals surface area (Å²) in [6.45, 7) is 1.85. The number of hydrogen-bond acceptors (Lipinski definition) is 3. The molecule has 8 heteroatoms. The first-order valence-corrected chi connectivity index (χ1v) is 6.13. The van der Waals surface area contributed by atoms with Gasteiger partial charge < -0.3 is 15.5 Å². The third-order valence-electron chi connectivity index (χ3n) is 2.67. The van der Waals surface area contributed by atoms with Crippen LogP contribution in [0.4, 0.5) is 14.9 Å². The number of aliphatic carboxylic acids is 2. The molecular formula is C13H15FN2O5. The fourth-order valence-electron chi connectivity index (χ4n) is 1.67. The fourth-order valence-corrected chi connectivity index (χ4v) is 1.67. The molecule has 0 spiro atoms. The third kappa shape index (κ3) is 4.75. The number of nitrogens with one attached hydrogen (secondary N) is 1. The quantitative estimate of drug-likeness (QED) is 0.733. The molecule has 2 amide bonds. The molecule has 0 aliphatic carbocycles. The van der Waals surface area contributed by atoms with Gasteiger partial charge in [-0.25, -0.2) is 14.0 Å². The first-order valence-electron chi connectivity index (χ1n) is 6.13. The van der Waals surface area contributed by atoms with E-state index in [1.807, 2.05) is 0 Å². The Kier molecular flexibility index (Phi) is 5.65. The molecule has 1 atom stereocenters. The summed E-state index contributed by atoms with van der Waals surface area (Å²) in [7, 11) is 0. The lowest BCUT2D eigenvalue weighted by Gasteiger charge is -2.23. The average Bonchev–Trinajstić information content (AvgIpc) is 2.40. The van der Waals surface area contributed by atoms with E-state index in [9.17, 15) is 18.8 Å². The molecule has 0 bridgehead atoms. The number of nitrogens with zero attached hydrogens (tertiary/aromatic N) is 1. The van der Waals surface area contributed by atoms with Gasteiger partial charge in [0.15, 0.2) is 0 Å². The Labute approximate surface area is 120 Å². The van der Waals surface area contributed by atoms with Crippen molar-refractivity contribution in [3.8, 4) is 0 Å². The molecule has 0 radical (unpaired) electrons. The highest BCUT2D eigenvalue weighted by molar-refractivity contribution is 5.95. The van der Waals surface area contributed by atoms with Gasteiger partial charge in [0.1, 0.15) is 11.9 Å². The largest absolute Gasteiger partial charge is 0.481 e. The summed E-state index contributed by atoms with van der Waals surface area (Å²) < 4.78 is 12.9. The van der Waals surface area contributed by atoms with Gasteiger partial charge in [0.2, 0.25) is 0 Å². The summed E-state index contributed by atoms with van der Waals surface area (Å²) in [4.78, 5) is 34.7. The Morgan fingerprint density at radius 2 is 1.81 bits per heavy atom. The van der Waals surface area contributed by atoms with Gasteiger partial charge in [-0.3, -0.25) is 9.69 Å². The molecule has 21 heavy (non-hydrogen) atoms. The summed E-state index contributed by atoms with van der Waals surface area (Å²) in [6.07, 6.45) is -0.734. The molecule has 7 nitrogen and oxygen atoms in total. The Balaban J connectivity index is 2.85. The van der Waals surface area contributed by atoms with E-state index in [2.05, 4.69) is 5.32 Å². The number of amides is 2. The van der Waals surface area contributed by atoms with E-state index in [-0.39, 0.29) is 6.54 Å². The highest BCUT2D eigenvalue weighted by Crippen LogP contribution is 2.15. The topological polar surface area (TPSA) is 107 Å². The molecule has 1 aromatic rings. The molecule has 0 unspecified atom stereocenters. The van der Waals surface area contributed by atoms with Crippen LogP contribution in [-0.4, -0.2) is 40.8 Å². The number of carboxylic acid groups (broad SMARTS) is 2. The molecule has 3 N–H and O–H groups in total. The van der Waals surface area contributed by atoms with E-state index >= 15 is 0 Å².